The van der Waals surface area contributed by atoms with Crippen LogP contribution in [0.2, 0.25) is 0 Å². The van der Waals surface area contributed by atoms with Crippen molar-refractivity contribution in [2.45, 2.75) is 26.2 Å². The molecular formula is C23H30N4O3. The Kier molecular flexibility index (Phi) is 8.87. The summed E-state index contributed by atoms with van der Waals surface area (Å²) in [7, 11) is 3.50. The summed E-state index contributed by atoms with van der Waals surface area (Å²) in [6.07, 6.45) is 2.04. The Hall–Kier alpha value is -3.35. The number of nitrogens with zero attached hydrogens (tertiary/aromatic N) is 1. The first-order valence-corrected chi connectivity index (χ1v) is 10.1. The molecule has 3 N–H and O–H groups in total. The second kappa shape index (κ2) is 11.6. The van der Waals surface area contributed by atoms with Crippen LogP contribution < -0.4 is 16.0 Å². The Balaban J connectivity index is 1.77. The molecule has 7 nitrogen and oxygen atoms in total. The summed E-state index contributed by atoms with van der Waals surface area (Å²) in [5.74, 6) is -0.201. The van der Waals surface area contributed by atoms with Gasteiger partial charge in [0.2, 0.25) is 11.8 Å². The number of aryl methyl sites for hydroxylation is 1. The quantitative estimate of drug-likeness (QED) is 0.562. The van der Waals surface area contributed by atoms with E-state index in [4.69, 9.17) is 0 Å². The van der Waals surface area contributed by atoms with E-state index in [-0.39, 0.29) is 24.3 Å². The first-order valence-electron chi connectivity index (χ1n) is 10.1. The summed E-state index contributed by atoms with van der Waals surface area (Å²) >= 11 is 0. The fourth-order valence-corrected chi connectivity index (χ4v) is 2.70. The van der Waals surface area contributed by atoms with Gasteiger partial charge in [0.25, 0.3) is 5.91 Å². The highest BCUT2D eigenvalue weighted by atomic mass is 16.2. The summed E-state index contributed by atoms with van der Waals surface area (Å²) in [5.41, 5.74) is 3.10. The highest BCUT2D eigenvalue weighted by Gasteiger charge is 2.07. The van der Waals surface area contributed by atoms with Gasteiger partial charge in [-0.2, -0.15) is 0 Å². The Morgan fingerprint density at radius 3 is 2.13 bits per heavy atom. The molecule has 0 aromatic heterocycles. The second-order valence-electron chi connectivity index (χ2n) is 7.22. The van der Waals surface area contributed by atoms with Crippen molar-refractivity contribution in [3.63, 3.8) is 0 Å². The smallest absolute Gasteiger partial charge is 0.251 e. The molecule has 0 atom stereocenters. The number of rotatable bonds is 10. The molecule has 3 amide bonds. The average molecular weight is 411 g/mol. The molecule has 0 spiro atoms. The van der Waals surface area contributed by atoms with E-state index in [1.807, 2.05) is 31.2 Å². The Bertz CT molecular complexity index is 846. The minimum absolute atomic E-state index is 0.100. The standard InChI is InChI=1S/C23H30N4O3/c1-4-15-24-23(30)18-8-12-20(13-9-18)26-21(28)16-25-19-10-5-17(6-11-19)7-14-22(29)27(2)3/h5-6,8-13,25H,4,7,14-16H2,1-3H3,(H,24,30)(H,26,28). The summed E-state index contributed by atoms with van der Waals surface area (Å²) in [6.45, 7) is 2.76. The van der Waals surface area contributed by atoms with Crippen molar-refractivity contribution in [1.29, 1.82) is 0 Å². The van der Waals surface area contributed by atoms with Gasteiger partial charge in [0.1, 0.15) is 0 Å². The molecule has 2 aromatic carbocycles. The van der Waals surface area contributed by atoms with Crippen molar-refractivity contribution in [2.75, 3.05) is 37.8 Å². The maximum atomic E-state index is 12.2. The van der Waals surface area contributed by atoms with Gasteiger partial charge >= 0.3 is 0 Å². The Morgan fingerprint density at radius 2 is 1.53 bits per heavy atom. The molecule has 2 rings (SSSR count). The van der Waals surface area contributed by atoms with Crippen LogP contribution in [-0.2, 0) is 16.0 Å². The number of anilines is 2. The van der Waals surface area contributed by atoms with Crippen LogP contribution in [0.3, 0.4) is 0 Å². The molecule has 0 aliphatic carbocycles. The van der Waals surface area contributed by atoms with Gasteiger partial charge in [0, 0.05) is 44.0 Å². The van der Waals surface area contributed by atoms with Gasteiger partial charge in [0.05, 0.1) is 6.54 Å². The van der Waals surface area contributed by atoms with Crippen LogP contribution in [0.5, 0.6) is 0 Å². The predicted octanol–water partition coefficient (Wildman–Crippen LogP) is 2.90. The Labute approximate surface area is 177 Å². The SMILES string of the molecule is CCCNC(=O)c1ccc(NC(=O)CNc2ccc(CCC(=O)N(C)C)cc2)cc1. The lowest BCUT2D eigenvalue weighted by molar-refractivity contribution is -0.128. The molecule has 160 valence electrons. The fourth-order valence-electron chi connectivity index (χ4n) is 2.70. The van der Waals surface area contributed by atoms with Crippen molar-refractivity contribution in [2.24, 2.45) is 0 Å². The van der Waals surface area contributed by atoms with E-state index >= 15 is 0 Å². The first-order chi connectivity index (χ1) is 14.4. The lowest BCUT2D eigenvalue weighted by atomic mass is 10.1. The number of benzene rings is 2. The van der Waals surface area contributed by atoms with Crippen molar-refractivity contribution in [1.82, 2.24) is 10.2 Å². The summed E-state index contributed by atoms with van der Waals surface area (Å²) in [4.78, 5) is 37.3. The number of amides is 3. The molecule has 0 radical (unpaired) electrons. The molecule has 7 heteroatoms. The van der Waals surface area contributed by atoms with E-state index in [1.54, 1.807) is 43.3 Å². The van der Waals surface area contributed by atoms with Gasteiger partial charge in [-0.25, -0.2) is 0 Å². The van der Waals surface area contributed by atoms with Crippen LogP contribution in [0.4, 0.5) is 11.4 Å². The van der Waals surface area contributed by atoms with Gasteiger partial charge in [0.15, 0.2) is 0 Å². The maximum absolute atomic E-state index is 12.2. The third kappa shape index (κ3) is 7.58. The van der Waals surface area contributed by atoms with E-state index < -0.39 is 0 Å². The van der Waals surface area contributed by atoms with Gasteiger partial charge in [-0.05, 0) is 54.8 Å². The van der Waals surface area contributed by atoms with E-state index in [1.165, 1.54) is 0 Å². The first kappa shape index (κ1) is 22.9. The van der Waals surface area contributed by atoms with E-state index in [9.17, 15) is 14.4 Å². The van der Waals surface area contributed by atoms with Gasteiger partial charge in [-0.1, -0.05) is 19.1 Å². The van der Waals surface area contributed by atoms with Gasteiger partial charge < -0.3 is 20.9 Å². The Morgan fingerprint density at radius 1 is 0.900 bits per heavy atom. The van der Waals surface area contributed by atoms with Crippen LogP contribution >= 0.6 is 0 Å². The zero-order valence-corrected chi connectivity index (χ0v) is 17.8. The van der Waals surface area contributed by atoms with Crippen LogP contribution in [0.25, 0.3) is 0 Å². The molecule has 0 aliphatic rings. The van der Waals surface area contributed by atoms with E-state index in [0.717, 1.165) is 17.7 Å². The van der Waals surface area contributed by atoms with Crippen LogP contribution in [-0.4, -0.2) is 49.8 Å². The molecule has 0 bridgehead atoms. The van der Waals surface area contributed by atoms with E-state index in [2.05, 4.69) is 16.0 Å². The van der Waals surface area contributed by atoms with E-state index in [0.29, 0.717) is 30.6 Å². The fraction of sp³-hybridized carbons (Fsp3) is 0.348. The molecule has 0 heterocycles. The molecule has 0 unspecified atom stereocenters. The predicted molar refractivity (Wildman–Crippen MR) is 120 cm³/mol. The second-order valence-corrected chi connectivity index (χ2v) is 7.22. The van der Waals surface area contributed by atoms with Crippen molar-refractivity contribution >= 4 is 29.1 Å². The van der Waals surface area contributed by atoms with Crippen LogP contribution in [0.15, 0.2) is 48.5 Å². The highest BCUT2D eigenvalue weighted by Crippen LogP contribution is 2.12. The highest BCUT2D eigenvalue weighted by molar-refractivity contribution is 5.96. The molecule has 30 heavy (non-hydrogen) atoms. The maximum Gasteiger partial charge on any atom is 0.251 e. The van der Waals surface area contributed by atoms with Crippen molar-refractivity contribution in [3.8, 4) is 0 Å². The summed E-state index contributed by atoms with van der Waals surface area (Å²) < 4.78 is 0. The topological polar surface area (TPSA) is 90.5 Å². The largest absolute Gasteiger partial charge is 0.376 e. The normalized spacial score (nSPS) is 10.2. The molecule has 0 aliphatic heterocycles. The van der Waals surface area contributed by atoms with Crippen molar-refractivity contribution < 1.29 is 14.4 Å². The van der Waals surface area contributed by atoms with Crippen molar-refractivity contribution in [3.05, 3.63) is 59.7 Å². The minimum Gasteiger partial charge on any atom is -0.376 e. The number of nitrogens with one attached hydrogen (secondary N) is 3. The summed E-state index contributed by atoms with van der Waals surface area (Å²) in [6, 6.07) is 14.5. The van der Waals surface area contributed by atoms with Gasteiger partial charge in [-0.15, -0.1) is 0 Å². The molecule has 0 fully saturated rings. The minimum atomic E-state index is -0.182. The lowest BCUT2D eigenvalue weighted by Crippen LogP contribution is -2.24. The van der Waals surface area contributed by atoms with Crippen LogP contribution in [0, 0.1) is 0 Å². The summed E-state index contributed by atoms with van der Waals surface area (Å²) in [5, 5.41) is 8.69. The number of hydrogen-bond acceptors (Lipinski definition) is 4. The third-order valence-corrected chi connectivity index (χ3v) is 4.50. The third-order valence-electron chi connectivity index (χ3n) is 4.50. The average Bonchev–Trinajstić information content (AvgIpc) is 2.75. The van der Waals surface area contributed by atoms with Crippen LogP contribution in [0.1, 0.15) is 35.7 Å². The lowest BCUT2D eigenvalue weighted by Gasteiger charge is -2.11. The molecular weight excluding hydrogens is 380 g/mol. The van der Waals surface area contributed by atoms with Gasteiger partial charge in [-0.3, -0.25) is 14.4 Å². The number of carbonyl (C=O) groups excluding carboxylic acids is 3. The zero-order chi connectivity index (χ0) is 21.9. The zero-order valence-electron chi connectivity index (χ0n) is 17.8. The molecule has 0 saturated carbocycles. The monoisotopic (exact) mass is 410 g/mol. The molecule has 0 saturated heterocycles. The molecule has 2 aromatic rings. The number of carbonyl (C=O) groups is 3. The number of hydrogen-bond donors (Lipinski definition) is 3.